The number of aryl methyl sites for hydroxylation is 1. The molecule has 1 aliphatic rings. The fraction of sp³-hybridized carbons (Fsp3) is 0.714. The number of rotatable bonds is 5. The molecule has 1 fully saturated rings. The second-order valence-corrected chi connectivity index (χ2v) is 5.82. The van der Waals surface area contributed by atoms with Crippen molar-refractivity contribution in [3.63, 3.8) is 0 Å². The van der Waals surface area contributed by atoms with E-state index in [1.54, 1.807) is 4.68 Å². The lowest BCUT2D eigenvalue weighted by Gasteiger charge is -2.39. The fourth-order valence-electron chi connectivity index (χ4n) is 2.51. The van der Waals surface area contributed by atoms with E-state index in [4.69, 9.17) is 0 Å². The molecule has 6 nitrogen and oxygen atoms in total. The zero-order valence-corrected chi connectivity index (χ0v) is 12.6. The highest BCUT2D eigenvalue weighted by atomic mass is 16.2. The van der Waals surface area contributed by atoms with Crippen LogP contribution in [-0.4, -0.2) is 58.9 Å². The van der Waals surface area contributed by atoms with Gasteiger partial charge in [0.1, 0.15) is 0 Å². The third-order valence-corrected chi connectivity index (χ3v) is 3.92. The Kier molecular flexibility index (Phi) is 4.77. The zero-order valence-electron chi connectivity index (χ0n) is 12.6. The number of carbonyl (C=O) groups excluding carboxylic acids is 1. The van der Waals surface area contributed by atoms with E-state index in [9.17, 15) is 4.79 Å². The number of amides is 1. The van der Waals surface area contributed by atoms with Crippen LogP contribution >= 0.6 is 0 Å². The van der Waals surface area contributed by atoms with E-state index in [2.05, 4.69) is 20.6 Å². The summed E-state index contributed by atoms with van der Waals surface area (Å²) in [5, 5.41) is 10.5. The van der Waals surface area contributed by atoms with Crippen molar-refractivity contribution in [2.75, 3.05) is 32.7 Å². The molecule has 2 heterocycles. The molecule has 0 spiro atoms. The van der Waals surface area contributed by atoms with Gasteiger partial charge in [-0.05, 0) is 25.8 Å². The monoisotopic (exact) mass is 279 g/mol. The molecule has 0 aliphatic carbocycles. The van der Waals surface area contributed by atoms with Gasteiger partial charge in [-0.15, -0.1) is 0 Å². The van der Waals surface area contributed by atoms with E-state index in [0.717, 1.165) is 38.2 Å². The quantitative estimate of drug-likeness (QED) is 0.781. The number of carbonyl (C=O) groups is 1. The van der Waals surface area contributed by atoms with Crippen molar-refractivity contribution in [1.82, 2.24) is 25.3 Å². The number of hydrogen-bond acceptors (Lipinski definition) is 4. The molecule has 1 aromatic heterocycles. The maximum Gasteiger partial charge on any atom is 0.239 e. The van der Waals surface area contributed by atoms with Crippen molar-refractivity contribution in [3.05, 3.63) is 18.0 Å². The van der Waals surface area contributed by atoms with Gasteiger partial charge >= 0.3 is 0 Å². The van der Waals surface area contributed by atoms with Crippen molar-refractivity contribution < 1.29 is 4.79 Å². The summed E-state index contributed by atoms with van der Waals surface area (Å²) < 4.78 is 1.78. The van der Waals surface area contributed by atoms with Gasteiger partial charge < -0.3 is 10.6 Å². The van der Waals surface area contributed by atoms with Crippen LogP contribution in [0.4, 0.5) is 0 Å². The van der Waals surface area contributed by atoms with Gasteiger partial charge in [0.2, 0.25) is 5.91 Å². The lowest BCUT2D eigenvalue weighted by Crippen LogP contribution is -2.60. The van der Waals surface area contributed by atoms with Gasteiger partial charge in [0, 0.05) is 46.0 Å². The molecule has 1 aromatic rings. The first-order valence-corrected chi connectivity index (χ1v) is 7.22. The highest BCUT2D eigenvalue weighted by Gasteiger charge is 2.34. The molecular formula is C14H25N5O. The smallest absolute Gasteiger partial charge is 0.239 e. The van der Waals surface area contributed by atoms with Gasteiger partial charge in [-0.2, -0.15) is 5.10 Å². The molecule has 1 aliphatic heterocycles. The Morgan fingerprint density at radius 3 is 2.75 bits per heavy atom. The first kappa shape index (κ1) is 15.0. The lowest BCUT2D eigenvalue weighted by molar-refractivity contribution is -0.132. The summed E-state index contributed by atoms with van der Waals surface area (Å²) in [5.74, 6) is 0.100. The minimum Gasteiger partial charge on any atom is -0.354 e. The first-order valence-electron chi connectivity index (χ1n) is 7.22. The molecule has 0 aromatic carbocycles. The van der Waals surface area contributed by atoms with Gasteiger partial charge in [-0.3, -0.25) is 14.4 Å². The van der Waals surface area contributed by atoms with Crippen LogP contribution in [0.3, 0.4) is 0 Å². The zero-order chi connectivity index (χ0) is 14.6. The Hall–Kier alpha value is -1.40. The summed E-state index contributed by atoms with van der Waals surface area (Å²) in [6.07, 6.45) is 4.64. The van der Waals surface area contributed by atoms with Crippen molar-refractivity contribution >= 4 is 5.91 Å². The lowest BCUT2D eigenvalue weighted by atomic mass is 10.0. The largest absolute Gasteiger partial charge is 0.354 e. The van der Waals surface area contributed by atoms with Crippen LogP contribution in [0.5, 0.6) is 0 Å². The van der Waals surface area contributed by atoms with Crippen LogP contribution in [0.2, 0.25) is 0 Å². The Balaban J connectivity index is 1.80. The SMILES string of the molecule is Cn1cc(CCNC(=O)C(C)(C)N2CCNCC2)cn1. The predicted molar refractivity (Wildman–Crippen MR) is 78.4 cm³/mol. The standard InChI is InChI=1S/C14H25N5O/c1-14(2,19-8-6-15-7-9-19)13(20)16-5-4-12-10-17-18(3)11-12/h10-11,15H,4-9H2,1-3H3,(H,16,20). The van der Waals surface area contributed by atoms with Crippen LogP contribution in [0, 0.1) is 0 Å². The Labute approximate surface area is 120 Å². The van der Waals surface area contributed by atoms with Crippen molar-refractivity contribution in [1.29, 1.82) is 0 Å². The summed E-state index contributed by atoms with van der Waals surface area (Å²) in [5.41, 5.74) is 0.699. The summed E-state index contributed by atoms with van der Waals surface area (Å²) >= 11 is 0. The average Bonchev–Trinajstić information content (AvgIpc) is 2.85. The molecule has 6 heteroatoms. The minimum absolute atomic E-state index is 0.100. The van der Waals surface area contributed by atoms with Crippen LogP contribution in [0.15, 0.2) is 12.4 Å². The maximum atomic E-state index is 12.4. The summed E-state index contributed by atoms with van der Waals surface area (Å²) in [7, 11) is 1.90. The first-order chi connectivity index (χ1) is 9.50. The molecule has 20 heavy (non-hydrogen) atoms. The summed E-state index contributed by atoms with van der Waals surface area (Å²) in [6.45, 7) is 8.39. The molecule has 1 saturated heterocycles. The number of aromatic nitrogens is 2. The molecule has 0 unspecified atom stereocenters. The van der Waals surface area contributed by atoms with Gasteiger partial charge in [-0.25, -0.2) is 0 Å². The third-order valence-electron chi connectivity index (χ3n) is 3.92. The Morgan fingerprint density at radius 2 is 2.15 bits per heavy atom. The molecule has 0 radical (unpaired) electrons. The van der Waals surface area contributed by atoms with E-state index in [1.807, 2.05) is 33.3 Å². The van der Waals surface area contributed by atoms with Crippen molar-refractivity contribution in [3.8, 4) is 0 Å². The van der Waals surface area contributed by atoms with E-state index in [-0.39, 0.29) is 5.91 Å². The number of nitrogens with zero attached hydrogens (tertiary/aromatic N) is 3. The average molecular weight is 279 g/mol. The van der Waals surface area contributed by atoms with Gasteiger partial charge in [0.15, 0.2) is 0 Å². The molecule has 2 rings (SSSR count). The van der Waals surface area contributed by atoms with E-state index < -0.39 is 5.54 Å². The molecular weight excluding hydrogens is 254 g/mol. The van der Waals surface area contributed by atoms with E-state index in [0.29, 0.717) is 6.54 Å². The summed E-state index contributed by atoms with van der Waals surface area (Å²) in [4.78, 5) is 14.6. The second kappa shape index (κ2) is 6.37. The molecule has 1 amide bonds. The van der Waals surface area contributed by atoms with Crippen molar-refractivity contribution in [2.24, 2.45) is 7.05 Å². The second-order valence-electron chi connectivity index (χ2n) is 5.82. The summed E-state index contributed by atoms with van der Waals surface area (Å²) in [6, 6.07) is 0. The normalized spacial score (nSPS) is 17.1. The van der Waals surface area contributed by atoms with Crippen molar-refractivity contribution in [2.45, 2.75) is 25.8 Å². The van der Waals surface area contributed by atoms with Crippen LogP contribution < -0.4 is 10.6 Å². The highest BCUT2D eigenvalue weighted by molar-refractivity contribution is 5.85. The number of piperazine rings is 1. The third kappa shape index (κ3) is 3.58. The highest BCUT2D eigenvalue weighted by Crippen LogP contribution is 2.15. The number of nitrogens with one attached hydrogen (secondary N) is 2. The molecule has 0 atom stereocenters. The minimum atomic E-state index is -0.447. The molecule has 112 valence electrons. The van der Waals surface area contributed by atoms with Gasteiger partial charge in [-0.1, -0.05) is 0 Å². The predicted octanol–water partition coefficient (Wildman–Crippen LogP) is -0.237. The van der Waals surface area contributed by atoms with E-state index in [1.165, 1.54) is 0 Å². The van der Waals surface area contributed by atoms with Gasteiger partial charge in [0.05, 0.1) is 11.7 Å². The maximum absolute atomic E-state index is 12.4. The molecule has 2 N–H and O–H groups in total. The van der Waals surface area contributed by atoms with E-state index >= 15 is 0 Å². The van der Waals surface area contributed by atoms with Gasteiger partial charge in [0.25, 0.3) is 0 Å². The fourth-order valence-corrected chi connectivity index (χ4v) is 2.51. The topological polar surface area (TPSA) is 62.2 Å². The molecule has 0 saturated carbocycles. The van der Waals surface area contributed by atoms with Crippen LogP contribution in [0.25, 0.3) is 0 Å². The van der Waals surface area contributed by atoms with Crippen LogP contribution in [0.1, 0.15) is 19.4 Å². The van der Waals surface area contributed by atoms with Crippen LogP contribution in [-0.2, 0) is 18.3 Å². The number of hydrogen-bond donors (Lipinski definition) is 2. The Bertz CT molecular complexity index is 448. The Morgan fingerprint density at radius 1 is 1.45 bits per heavy atom. The molecule has 0 bridgehead atoms.